The third-order valence-corrected chi connectivity index (χ3v) is 5.42. The average Bonchev–Trinajstić information content (AvgIpc) is 2.99. The van der Waals surface area contributed by atoms with E-state index in [9.17, 15) is 4.79 Å². The summed E-state index contributed by atoms with van der Waals surface area (Å²) in [6.07, 6.45) is 1.76. The number of hydrogen-bond acceptors (Lipinski definition) is 6. The molecule has 0 bridgehead atoms. The van der Waals surface area contributed by atoms with Crippen LogP contribution in [0, 0.1) is 0 Å². The normalized spacial score (nSPS) is 11.7. The second-order valence-corrected chi connectivity index (χ2v) is 7.79. The first-order valence-electron chi connectivity index (χ1n) is 6.94. The van der Waals surface area contributed by atoms with Crippen LogP contribution in [-0.4, -0.2) is 28.4 Å². The first-order chi connectivity index (χ1) is 11.1. The fourth-order valence-corrected chi connectivity index (χ4v) is 3.58. The van der Waals surface area contributed by atoms with Gasteiger partial charge in [0.1, 0.15) is 0 Å². The quantitative estimate of drug-likeness (QED) is 0.508. The maximum absolute atomic E-state index is 12.0. The lowest BCUT2D eigenvalue weighted by atomic mass is 10.1. The van der Waals surface area contributed by atoms with Gasteiger partial charge in [-0.25, -0.2) is 0 Å². The zero-order valence-corrected chi connectivity index (χ0v) is 15.8. The van der Waals surface area contributed by atoms with Crippen molar-refractivity contribution in [2.24, 2.45) is 0 Å². The Morgan fingerprint density at radius 3 is 2.87 bits per heavy atom. The Hall–Kier alpha value is -1.38. The van der Waals surface area contributed by atoms with Gasteiger partial charge < -0.3 is 10.6 Å². The van der Waals surface area contributed by atoms with Crippen LogP contribution in [0.15, 0.2) is 45.7 Å². The number of halogens is 1. The third kappa shape index (κ3) is 5.96. The summed E-state index contributed by atoms with van der Waals surface area (Å²) >= 11 is 6.21. The van der Waals surface area contributed by atoms with Crippen LogP contribution in [0.25, 0.3) is 0 Å². The summed E-state index contributed by atoms with van der Waals surface area (Å²) < 4.78 is 1.79. The molecule has 1 atom stereocenters. The minimum absolute atomic E-state index is 0.0266. The first-order valence-corrected chi connectivity index (χ1v) is 9.54. The predicted molar refractivity (Wildman–Crippen MR) is 100 cm³/mol. The molecule has 0 unspecified atom stereocenters. The molecule has 0 saturated carbocycles. The fraction of sp³-hybridized carbons (Fsp3) is 0.267. The molecule has 1 aromatic heterocycles. The van der Waals surface area contributed by atoms with Gasteiger partial charge in [0.2, 0.25) is 11.0 Å². The van der Waals surface area contributed by atoms with Crippen LogP contribution in [0.4, 0.5) is 5.13 Å². The van der Waals surface area contributed by atoms with Crippen LogP contribution in [0.2, 0.25) is 0 Å². The number of amides is 1. The number of carbonyl (C=O) groups excluding carboxylic acids is 1. The van der Waals surface area contributed by atoms with Gasteiger partial charge in [0.25, 0.3) is 0 Å². The van der Waals surface area contributed by atoms with E-state index in [0.717, 1.165) is 19.5 Å². The highest BCUT2D eigenvalue weighted by Gasteiger charge is 2.11. The third-order valence-electron chi connectivity index (χ3n) is 2.88. The van der Waals surface area contributed by atoms with E-state index in [-0.39, 0.29) is 11.9 Å². The topological polar surface area (TPSA) is 66.9 Å². The average molecular weight is 413 g/mol. The predicted octanol–water partition coefficient (Wildman–Crippen LogP) is 3.87. The molecule has 5 nitrogen and oxygen atoms in total. The Labute approximate surface area is 152 Å². The number of benzene rings is 1. The van der Waals surface area contributed by atoms with Gasteiger partial charge in [-0.2, -0.15) is 0 Å². The van der Waals surface area contributed by atoms with Gasteiger partial charge in [0.15, 0.2) is 4.34 Å². The minimum atomic E-state index is -0.0320. The van der Waals surface area contributed by atoms with Gasteiger partial charge in [-0.05, 0) is 24.6 Å². The van der Waals surface area contributed by atoms with Crippen molar-refractivity contribution in [1.82, 2.24) is 15.5 Å². The summed E-state index contributed by atoms with van der Waals surface area (Å²) in [5, 5.41) is 14.8. The Bertz CT molecular complexity index is 660. The number of thioether (sulfide) groups is 1. The number of nitrogens with zero attached hydrogens (tertiary/aromatic N) is 2. The monoisotopic (exact) mass is 412 g/mol. The molecule has 23 heavy (non-hydrogen) atoms. The van der Waals surface area contributed by atoms with Gasteiger partial charge in [0.05, 0.1) is 11.8 Å². The zero-order valence-electron chi connectivity index (χ0n) is 12.6. The molecule has 1 heterocycles. The summed E-state index contributed by atoms with van der Waals surface area (Å²) in [6.45, 7) is 6.24. The highest BCUT2D eigenvalue weighted by molar-refractivity contribution is 9.10. The van der Waals surface area contributed by atoms with Gasteiger partial charge in [0, 0.05) is 11.0 Å². The van der Waals surface area contributed by atoms with Crippen molar-refractivity contribution in [2.45, 2.75) is 17.3 Å². The van der Waals surface area contributed by atoms with Gasteiger partial charge in [-0.1, -0.05) is 57.2 Å². The molecule has 8 heteroatoms. The Kier molecular flexibility index (Phi) is 7.07. The molecule has 0 spiro atoms. The van der Waals surface area contributed by atoms with Gasteiger partial charge in [-0.3, -0.25) is 4.79 Å². The number of rotatable bonds is 8. The van der Waals surface area contributed by atoms with Crippen LogP contribution in [0.1, 0.15) is 18.5 Å². The Morgan fingerprint density at radius 2 is 2.17 bits per heavy atom. The summed E-state index contributed by atoms with van der Waals surface area (Å²) in [5.74, 6) is 0.290. The summed E-state index contributed by atoms with van der Waals surface area (Å²) in [6, 6.07) is 7.88. The van der Waals surface area contributed by atoms with E-state index < -0.39 is 0 Å². The molecule has 2 rings (SSSR count). The molecular formula is C15H17BrN4OS2. The van der Waals surface area contributed by atoms with Crippen LogP contribution >= 0.6 is 39.0 Å². The second kappa shape index (κ2) is 9.05. The Morgan fingerprint density at radius 1 is 1.43 bits per heavy atom. The van der Waals surface area contributed by atoms with Crippen molar-refractivity contribution >= 4 is 50.1 Å². The summed E-state index contributed by atoms with van der Waals surface area (Å²) in [7, 11) is 0. The van der Waals surface area contributed by atoms with E-state index in [2.05, 4.69) is 43.3 Å². The van der Waals surface area contributed by atoms with Crippen LogP contribution in [-0.2, 0) is 4.79 Å². The maximum Gasteiger partial charge on any atom is 0.230 e. The van der Waals surface area contributed by atoms with Crippen LogP contribution in [0.3, 0.4) is 0 Å². The smallest absolute Gasteiger partial charge is 0.230 e. The SMILES string of the molecule is C=CCNc1nnc(SCC(=O)N[C@@H](C)c2ccc(Br)cc2)s1. The van der Waals surface area contributed by atoms with Gasteiger partial charge >= 0.3 is 0 Å². The molecule has 122 valence electrons. The molecule has 0 radical (unpaired) electrons. The molecular weight excluding hydrogens is 396 g/mol. The van der Waals surface area contributed by atoms with E-state index in [0.29, 0.717) is 12.3 Å². The molecule has 0 aliphatic carbocycles. The number of hydrogen-bond donors (Lipinski definition) is 2. The lowest BCUT2D eigenvalue weighted by Gasteiger charge is -2.14. The molecule has 0 fully saturated rings. The molecule has 1 aromatic carbocycles. The molecule has 0 aliphatic heterocycles. The molecule has 2 aromatic rings. The number of anilines is 1. The highest BCUT2D eigenvalue weighted by atomic mass is 79.9. The van der Waals surface area contributed by atoms with Crippen molar-refractivity contribution in [3.63, 3.8) is 0 Å². The van der Waals surface area contributed by atoms with Crippen molar-refractivity contribution in [1.29, 1.82) is 0 Å². The standard InChI is InChI=1S/C15H17BrN4OS2/c1-3-8-17-14-19-20-15(23-14)22-9-13(21)18-10(2)11-4-6-12(16)7-5-11/h3-7,10H,1,8-9H2,2H3,(H,17,19)(H,18,21)/t10-/m0/s1. The molecule has 2 N–H and O–H groups in total. The van der Waals surface area contributed by atoms with E-state index in [1.807, 2.05) is 31.2 Å². The lowest BCUT2D eigenvalue weighted by molar-refractivity contribution is -0.119. The number of carbonyl (C=O) groups is 1. The maximum atomic E-state index is 12.0. The number of aromatic nitrogens is 2. The van der Waals surface area contributed by atoms with E-state index >= 15 is 0 Å². The van der Waals surface area contributed by atoms with Gasteiger partial charge in [-0.15, -0.1) is 16.8 Å². The van der Waals surface area contributed by atoms with E-state index in [4.69, 9.17) is 0 Å². The number of nitrogens with one attached hydrogen (secondary N) is 2. The zero-order chi connectivity index (χ0) is 16.7. The molecule has 1 amide bonds. The first kappa shape index (κ1) is 18.0. The van der Waals surface area contributed by atoms with Crippen molar-refractivity contribution in [3.05, 3.63) is 47.0 Å². The minimum Gasteiger partial charge on any atom is -0.357 e. The van der Waals surface area contributed by atoms with Crippen molar-refractivity contribution < 1.29 is 4.79 Å². The second-order valence-electron chi connectivity index (χ2n) is 4.67. The van der Waals surface area contributed by atoms with Crippen LogP contribution in [0.5, 0.6) is 0 Å². The summed E-state index contributed by atoms with van der Waals surface area (Å²) in [4.78, 5) is 12.0. The Balaban J connectivity index is 1.79. The largest absolute Gasteiger partial charge is 0.357 e. The molecule has 0 aliphatic rings. The van der Waals surface area contributed by atoms with Crippen molar-refractivity contribution in [2.75, 3.05) is 17.6 Å². The molecule has 0 saturated heterocycles. The van der Waals surface area contributed by atoms with Crippen LogP contribution < -0.4 is 10.6 Å². The fourth-order valence-electron chi connectivity index (χ4n) is 1.74. The summed E-state index contributed by atoms with van der Waals surface area (Å²) in [5.41, 5.74) is 1.07. The lowest BCUT2D eigenvalue weighted by Crippen LogP contribution is -2.28. The highest BCUT2D eigenvalue weighted by Crippen LogP contribution is 2.25. The van der Waals surface area contributed by atoms with E-state index in [1.54, 1.807) is 6.08 Å². The van der Waals surface area contributed by atoms with Crippen molar-refractivity contribution in [3.8, 4) is 0 Å². The van der Waals surface area contributed by atoms with E-state index in [1.165, 1.54) is 23.1 Å².